The maximum Gasteiger partial charge on any atom is 0.128 e. The zero-order valence-corrected chi connectivity index (χ0v) is 13.0. The summed E-state index contributed by atoms with van der Waals surface area (Å²) in [4.78, 5) is 7.81. The largest absolute Gasteiger partial charge is 0.496 e. The van der Waals surface area contributed by atoms with E-state index < -0.39 is 0 Å². The van der Waals surface area contributed by atoms with Crippen molar-refractivity contribution in [1.82, 2.24) is 9.97 Å². The summed E-state index contributed by atoms with van der Waals surface area (Å²) < 4.78 is 6.35. The number of hydrogen-bond acceptors (Lipinski definition) is 3. The number of imidazole rings is 1. The smallest absolute Gasteiger partial charge is 0.128 e. The molecule has 1 aromatic heterocycles. The summed E-state index contributed by atoms with van der Waals surface area (Å²) in [6, 6.07) is 4.15. The van der Waals surface area contributed by atoms with E-state index in [2.05, 4.69) is 45.8 Å². The van der Waals surface area contributed by atoms with Gasteiger partial charge in [0.25, 0.3) is 0 Å². The van der Waals surface area contributed by atoms with Gasteiger partial charge in [-0.3, -0.25) is 0 Å². The molecule has 0 spiro atoms. The van der Waals surface area contributed by atoms with Crippen molar-refractivity contribution < 1.29 is 4.74 Å². The Balaban J connectivity index is 2.58. The fourth-order valence-electron chi connectivity index (χ4n) is 2.21. The molecular formula is C14H18BrN3O. The molecule has 3 N–H and O–H groups in total. The third-order valence-corrected chi connectivity index (χ3v) is 3.56. The van der Waals surface area contributed by atoms with Crippen LogP contribution < -0.4 is 10.5 Å². The fourth-order valence-corrected chi connectivity index (χ4v) is 2.73. The summed E-state index contributed by atoms with van der Waals surface area (Å²) in [7, 11) is 1.68. The highest BCUT2D eigenvalue weighted by molar-refractivity contribution is 9.10. The Morgan fingerprint density at radius 3 is 2.74 bits per heavy atom. The second-order valence-corrected chi connectivity index (χ2v) is 5.34. The van der Waals surface area contributed by atoms with Crippen molar-refractivity contribution >= 4 is 15.9 Å². The van der Waals surface area contributed by atoms with Crippen molar-refractivity contribution in [2.24, 2.45) is 5.73 Å². The molecule has 102 valence electrons. The van der Waals surface area contributed by atoms with Crippen LogP contribution in [0, 0.1) is 13.8 Å². The fraction of sp³-hybridized carbons (Fsp3) is 0.357. The highest BCUT2D eigenvalue weighted by atomic mass is 79.9. The number of benzene rings is 1. The van der Waals surface area contributed by atoms with E-state index >= 15 is 0 Å². The minimum atomic E-state index is 0.573. The third-order valence-electron chi connectivity index (χ3n) is 2.99. The molecule has 2 rings (SSSR count). The molecule has 0 radical (unpaired) electrons. The first kappa shape index (κ1) is 14.1. The number of aryl methyl sites for hydroxylation is 2. The number of nitrogens with zero attached hydrogens (tertiary/aromatic N) is 1. The van der Waals surface area contributed by atoms with Crippen LogP contribution in [0.1, 0.15) is 17.0 Å². The van der Waals surface area contributed by atoms with Gasteiger partial charge in [0.15, 0.2) is 0 Å². The Morgan fingerprint density at radius 2 is 2.11 bits per heavy atom. The molecule has 2 aromatic rings. The van der Waals surface area contributed by atoms with E-state index in [4.69, 9.17) is 10.5 Å². The monoisotopic (exact) mass is 323 g/mol. The summed E-state index contributed by atoms with van der Waals surface area (Å²) in [5, 5.41) is 0. The molecule has 0 atom stereocenters. The Kier molecular flexibility index (Phi) is 4.27. The van der Waals surface area contributed by atoms with Gasteiger partial charge in [0, 0.05) is 12.0 Å². The van der Waals surface area contributed by atoms with Gasteiger partial charge < -0.3 is 15.5 Å². The van der Waals surface area contributed by atoms with Gasteiger partial charge in [-0.2, -0.15) is 0 Å². The zero-order valence-electron chi connectivity index (χ0n) is 11.4. The van der Waals surface area contributed by atoms with Gasteiger partial charge >= 0.3 is 0 Å². The van der Waals surface area contributed by atoms with Crippen LogP contribution in [0.5, 0.6) is 5.75 Å². The molecule has 0 unspecified atom stereocenters. The van der Waals surface area contributed by atoms with Gasteiger partial charge in [0.1, 0.15) is 21.9 Å². The first-order chi connectivity index (χ1) is 9.06. The van der Waals surface area contributed by atoms with Gasteiger partial charge in [-0.25, -0.2) is 4.98 Å². The molecule has 19 heavy (non-hydrogen) atoms. The zero-order chi connectivity index (χ0) is 14.0. The van der Waals surface area contributed by atoms with Gasteiger partial charge in [-0.1, -0.05) is 6.07 Å². The lowest BCUT2D eigenvalue weighted by atomic mass is 10.0. The lowest BCUT2D eigenvalue weighted by Gasteiger charge is -2.11. The maximum atomic E-state index is 5.56. The molecule has 1 aromatic carbocycles. The van der Waals surface area contributed by atoms with Crippen LogP contribution in [0.4, 0.5) is 0 Å². The average molecular weight is 324 g/mol. The number of methoxy groups -OCH3 is 1. The van der Waals surface area contributed by atoms with Crippen molar-refractivity contribution in [2.75, 3.05) is 13.7 Å². The quantitative estimate of drug-likeness (QED) is 0.909. The first-order valence-electron chi connectivity index (χ1n) is 6.17. The second-order valence-electron chi connectivity index (χ2n) is 4.54. The lowest BCUT2D eigenvalue weighted by molar-refractivity contribution is 0.415. The number of aromatic amines is 1. The highest BCUT2D eigenvalue weighted by Crippen LogP contribution is 2.37. The number of nitrogens with two attached hydrogens (primary N) is 1. The van der Waals surface area contributed by atoms with Gasteiger partial charge in [-0.05, 0) is 53.5 Å². The van der Waals surface area contributed by atoms with Crippen LogP contribution >= 0.6 is 15.9 Å². The van der Waals surface area contributed by atoms with Gasteiger partial charge in [-0.15, -0.1) is 0 Å². The minimum absolute atomic E-state index is 0.573. The van der Waals surface area contributed by atoms with Crippen LogP contribution in [-0.4, -0.2) is 23.6 Å². The number of aromatic nitrogens is 2. The summed E-state index contributed by atoms with van der Waals surface area (Å²) in [6.45, 7) is 4.69. The molecule has 4 nitrogen and oxygen atoms in total. The van der Waals surface area contributed by atoms with Crippen LogP contribution in [-0.2, 0) is 6.42 Å². The molecule has 0 bridgehead atoms. The van der Waals surface area contributed by atoms with Crippen LogP contribution in [0.15, 0.2) is 16.7 Å². The molecule has 0 saturated carbocycles. The first-order valence-corrected chi connectivity index (χ1v) is 6.96. The Bertz CT molecular complexity index is 593. The normalized spacial score (nSPS) is 10.8. The third kappa shape index (κ3) is 2.82. The van der Waals surface area contributed by atoms with Crippen molar-refractivity contribution in [1.29, 1.82) is 0 Å². The number of rotatable bonds is 4. The van der Waals surface area contributed by atoms with E-state index in [1.165, 1.54) is 5.56 Å². The van der Waals surface area contributed by atoms with E-state index in [9.17, 15) is 0 Å². The SMILES string of the molecule is COc1cc(C)cc(C)c1-c1nc(CCN)[nH]c1Br. The minimum Gasteiger partial charge on any atom is -0.496 e. The molecule has 5 heteroatoms. The number of halogens is 1. The number of hydrogen-bond donors (Lipinski definition) is 2. The van der Waals surface area contributed by atoms with Crippen molar-refractivity contribution in [3.8, 4) is 17.0 Å². The topological polar surface area (TPSA) is 63.9 Å². The Morgan fingerprint density at radius 1 is 1.37 bits per heavy atom. The van der Waals surface area contributed by atoms with Crippen molar-refractivity contribution in [2.45, 2.75) is 20.3 Å². The molecule has 1 heterocycles. The Labute approximate surface area is 121 Å². The molecule has 0 aliphatic rings. The predicted molar refractivity (Wildman–Crippen MR) is 80.5 cm³/mol. The molecule has 0 aliphatic heterocycles. The van der Waals surface area contributed by atoms with Gasteiger partial charge in [0.05, 0.1) is 7.11 Å². The molecule has 0 amide bonds. The van der Waals surface area contributed by atoms with Crippen molar-refractivity contribution in [3.05, 3.63) is 33.7 Å². The second kappa shape index (κ2) is 5.75. The highest BCUT2D eigenvalue weighted by Gasteiger charge is 2.17. The number of nitrogens with one attached hydrogen (secondary N) is 1. The molecule has 0 saturated heterocycles. The Hall–Kier alpha value is -1.33. The van der Waals surface area contributed by atoms with E-state index in [-0.39, 0.29) is 0 Å². The number of ether oxygens (including phenoxy) is 1. The van der Waals surface area contributed by atoms with Crippen LogP contribution in [0.25, 0.3) is 11.3 Å². The van der Waals surface area contributed by atoms with E-state index in [0.29, 0.717) is 6.54 Å². The summed E-state index contributed by atoms with van der Waals surface area (Å²) in [6.07, 6.45) is 0.728. The molecule has 0 fully saturated rings. The molecule has 0 aliphatic carbocycles. The van der Waals surface area contributed by atoms with E-state index in [0.717, 1.165) is 39.4 Å². The maximum absolute atomic E-state index is 5.56. The van der Waals surface area contributed by atoms with E-state index in [1.54, 1.807) is 7.11 Å². The standard InChI is InChI=1S/C14H18BrN3O/c1-8-6-9(2)12(10(7-8)19-3)13-14(15)18-11(17-13)4-5-16/h6-7H,4-5,16H2,1-3H3,(H,17,18). The number of H-pyrrole nitrogens is 1. The average Bonchev–Trinajstić information content (AvgIpc) is 2.69. The van der Waals surface area contributed by atoms with E-state index in [1.807, 2.05) is 6.07 Å². The lowest BCUT2D eigenvalue weighted by Crippen LogP contribution is -2.03. The predicted octanol–water partition coefficient (Wildman–Crippen LogP) is 2.97. The van der Waals surface area contributed by atoms with Crippen LogP contribution in [0.3, 0.4) is 0 Å². The van der Waals surface area contributed by atoms with Crippen molar-refractivity contribution in [3.63, 3.8) is 0 Å². The van der Waals surface area contributed by atoms with Gasteiger partial charge in [0.2, 0.25) is 0 Å². The molecular weight excluding hydrogens is 306 g/mol. The van der Waals surface area contributed by atoms with Crippen LogP contribution in [0.2, 0.25) is 0 Å². The summed E-state index contributed by atoms with van der Waals surface area (Å²) in [5.41, 5.74) is 9.77. The summed E-state index contributed by atoms with van der Waals surface area (Å²) >= 11 is 3.53. The summed E-state index contributed by atoms with van der Waals surface area (Å²) in [5.74, 6) is 1.72.